The molecule has 2 unspecified atom stereocenters. The zero-order valence-electron chi connectivity index (χ0n) is 11.0. The van der Waals surface area contributed by atoms with Crippen LogP contribution in [0.1, 0.15) is 31.3 Å². The number of aryl methyl sites for hydroxylation is 1. The Balaban J connectivity index is 2.06. The monoisotopic (exact) mass is 244 g/mol. The zero-order valence-corrected chi connectivity index (χ0v) is 11.0. The van der Waals surface area contributed by atoms with Gasteiger partial charge in [0.15, 0.2) is 0 Å². The second-order valence-electron chi connectivity index (χ2n) is 4.61. The van der Waals surface area contributed by atoms with Gasteiger partial charge in [0.05, 0.1) is 0 Å². The van der Waals surface area contributed by atoms with Crippen molar-refractivity contribution in [1.82, 2.24) is 14.8 Å². The van der Waals surface area contributed by atoms with Gasteiger partial charge in [-0.05, 0) is 18.4 Å². The van der Waals surface area contributed by atoms with E-state index in [0.717, 1.165) is 18.8 Å². The molecule has 0 aliphatic carbocycles. The van der Waals surface area contributed by atoms with Crippen molar-refractivity contribution in [3.63, 3.8) is 0 Å². The van der Waals surface area contributed by atoms with Gasteiger partial charge >= 0.3 is 0 Å². The molecule has 0 amide bonds. The molecule has 2 aromatic rings. The molecule has 0 aliphatic rings. The van der Waals surface area contributed by atoms with Gasteiger partial charge in [0.25, 0.3) is 0 Å². The Bertz CT molecular complexity index is 478. The average Bonchev–Trinajstić information content (AvgIpc) is 2.86. The largest absolute Gasteiger partial charge is 0.324 e. The van der Waals surface area contributed by atoms with Crippen molar-refractivity contribution < 1.29 is 0 Å². The van der Waals surface area contributed by atoms with E-state index in [1.54, 1.807) is 6.33 Å². The summed E-state index contributed by atoms with van der Waals surface area (Å²) in [5.41, 5.74) is 7.46. The second-order valence-corrected chi connectivity index (χ2v) is 4.61. The molecule has 2 N–H and O–H groups in total. The van der Waals surface area contributed by atoms with Crippen LogP contribution in [-0.4, -0.2) is 14.8 Å². The standard InChI is InChI=1S/C14H20N4/c1-3-18-13(16-10-17-18)9-11(2)14(15)12-7-5-4-6-8-12/h4-8,10-11,14H,3,9,15H2,1-2H3. The van der Waals surface area contributed by atoms with Crippen LogP contribution in [0.3, 0.4) is 0 Å². The van der Waals surface area contributed by atoms with E-state index in [1.807, 2.05) is 22.9 Å². The fourth-order valence-corrected chi connectivity index (χ4v) is 2.13. The molecule has 0 radical (unpaired) electrons. The molecule has 0 saturated carbocycles. The van der Waals surface area contributed by atoms with Crippen LogP contribution in [0.4, 0.5) is 0 Å². The SMILES string of the molecule is CCn1ncnc1CC(C)C(N)c1ccccc1. The van der Waals surface area contributed by atoms with Crippen LogP contribution in [0.15, 0.2) is 36.7 Å². The van der Waals surface area contributed by atoms with Gasteiger partial charge in [-0.2, -0.15) is 5.10 Å². The van der Waals surface area contributed by atoms with Gasteiger partial charge in [0.2, 0.25) is 0 Å². The molecule has 1 aromatic carbocycles. The number of hydrogen-bond acceptors (Lipinski definition) is 3. The van der Waals surface area contributed by atoms with Crippen LogP contribution in [0.5, 0.6) is 0 Å². The minimum absolute atomic E-state index is 0.0354. The van der Waals surface area contributed by atoms with Gasteiger partial charge in [-0.3, -0.25) is 4.68 Å². The van der Waals surface area contributed by atoms with Crippen molar-refractivity contribution in [2.75, 3.05) is 0 Å². The van der Waals surface area contributed by atoms with Gasteiger partial charge in [0, 0.05) is 19.0 Å². The highest BCUT2D eigenvalue weighted by Crippen LogP contribution is 2.21. The second kappa shape index (κ2) is 5.78. The lowest BCUT2D eigenvalue weighted by molar-refractivity contribution is 0.443. The lowest BCUT2D eigenvalue weighted by Crippen LogP contribution is -2.22. The minimum Gasteiger partial charge on any atom is -0.324 e. The van der Waals surface area contributed by atoms with Crippen LogP contribution in [0.25, 0.3) is 0 Å². The summed E-state index contributed by atoms with van der Waals surface area (Å²) in [6.45, 7) is 5.08. The fourth-order valence-electron chi connectivity index (χ4n) is 2.13. The molecule has 0 fully saturated rings. The van der Waals surface area contributed by atoms with Crippen molar-refractivity contribution in [2.24, 2.45) is 11.7 Å². The molecule has 4 heteroatoms. The average molecular weight is 244 g/mol. The van der Waals surface area contributed by atoms with E-state index in [1.165, 1.54) is 5.56 Å². The minimum atomic E-state index is 0.0354. The van der Waals surface area contributed by atoms with Crippen molar-refractivity contribution in [3.8, 4) is 0 Å². The van der Waals surface area contributed by atoms with Gasteiger partial charge < -0.3 is 5.73 Å². The molecule has 2 rings (SSSR count). The third-order valence-electron chi connectivity index (χ3n) is 3.30. The Hall–Kier alpha value is -1.68. The van der Waals surface area contributed by atoms with E-state index in [-0.39, 0.29) is 6.04 Å². The lowest BCUT2D eigenvalue weighted by atomic mass is 9.92. The first-order valence-electron chi connectivity index (χ1n) is 6.39. The van der Waals surface area contributed by atoms with Crippen molar-refractivity contribution in [1.29, 1.82) is 0 Å². The van der Waals surface area contributed by atoms with Gasteiger partial charge in [-0.15, -0.1) is 0 Å². The normalized spacial score (nSPS) is 14.4. The summed E-state index contributed by atoms with van der Waals surface area (Å²) in [5, 5.41) is 4.18. The molecule has 1 aromatic heterocycles. The number of aromatic nitrogens is 3. The van der Waals surface area contributed by atoms with E-state index in [4.69, 9.17) is 5.73 Å². The first kappa shape index (κ1) is 12.8. The summed E-state index contributed by atoms with van der Waals surface area (Å²) in [4.78, 5) is 4.30. The Labute approximate surface area is 108 Å². The Morgan fingerprint density at radius 2 is 2.00 bits per heavy atom. The summed E-state index contributed by atoms with van der Waals surface area (Å²) < 4.78 is 1.92. The van der Waals surface area contributed by atoms with E-state index in [0.29, 0.717) is 5.92 Å². The third-order valence-corrected chi connectivity index (χ3v) is 3.30. The number of hydrogen-bond donors (Lipinski definition) is 1. The number of benzene rings is 1. The molecule has 2 atom stereocenters. The maximum absolute atomic E-state index is 6.29. The zero-order chi connectivity index (χ0) is 13.0. The van der Waals surface area contributed by atoms with Crippen molar-refractivity contribution in [2.45, 2.75) is 32.9 Å². The molecule has 18 heavy (non-hydrogen) atoms. The first-order chi connectivity index (χ1) is 8.72. The lowest BCUT2D eigenvalue weighted by Gasteiger charge is -2.20. The van der Waals surface area contributed by atoms with E-state index in [9.17, 15) is 0 Å². The third kappa shape index (κ3) is 2.76. The first-order valence-corrected chi connectivity index (χ1v) is 6.39. The smallest absolute Gasteiger partial charge is 0.138 e. The maximum Gasteiger partial charge on any atom is 0.138 e. The highest BCUT2D eigenvalue weighted by molar-refractivity contribution is 5.19. The summed E-state index contributed by atoms with van der Waals surface area (Å²) in [5.74, 6) is 1.35. The molecule has 0 spiro atoms. The molecule has 4 nitrogen and oxygen atoms in total. The predicted octanol–water partition coefficient (Wildman–Crippen LogP) is 2.18. The highest BCUT2D eigenvalue weighted by Gasteiger charge is 2.17. The molecule has 0 aliphatic heterocycles. The molecule has 96 valence electrons. The molecule has 1 heterocycles. The van der Waals surface area contributed by atoms with Crippen molar-refractivity contribution >= 4 is 0 Å². The van der Waals surface area contributed by atoms with Crippen molar-refractivity contribution in [3.05, 3.63) is 48.0 Å². The number of rotatable bonds is 5. The topological polar surface area (TPSA) is 56.7 Å². The Kier molecular flexibility index (Phi) is 4.10. The highest BCUT2D eigenvalue weighted by atomic mass is 15.3. The fraction of sp³-hybridized carbons (Fsp3) is 0.429. The molecule has 0 saturated heterocycles. The van der Waals surface area contributed by atoms with Crippen LogP contribution in [-0.2, 0) is 13.0 Å². The summed E-state index contributed by atoms with van der Waals surface area (Å²) in [6, 6.07) is 10.2. The molecular formula is C14H20N4. The molecular weight excluding hydrogens is 224 g/mol. The predicted molar refractivity (Wildman–Crippen MR) is 71.9 cm³/mol. The summed E-state index contributed by atoms with van der Waals surface area (Å²) in [7, 11) is 0. The van der Waals surface area contributed by atoms with Crippen LogP contribution >= 0.6 is 0 Å². The van der Waals surface area contributed by atoms with E-state index in [2.05, 4.69) is 36.1 Å². The van der Waals surface area contributed by atoms with E-state index < -0.39 is 0 Å². The molecule has 0 bridgehead atoms. The van der Waals surface area contributed by atoms with E-state index >= 15 is 0 Å². The maximum atomic E-state index is 6.29. The van der Waals surface area contributed by atoms with Gasteiger partial charge in [-0.1, -0.05) is 37.3 Å². The van der Waals surface area contributed by atoms with Gasteiger partial charge in [-0.25, -0.2) is 4.98 Å². The van der Waals surface area contributed by atoms with Crippen LogP contribution in [0, 0.1) is 5.92 Å². The Morgan fingerprint density at radius 1 is 1.28 bits per heavy atom. The summed E-state index contributed by atoms with van der Waals surface area (Å²) in [6.07, 6.45) is 2.46. The van der Waals surface area contributed by atoms with Crippen LogP contribution < -0.4 is 5.73 Å². The quantitative estimate of drug-likeness (QED) is 0.877. The number of nitrogens with zero attached hydrogens (tertiary/aromatic N) is 3. The van der Waals surface area contributed by atoms with Crippen LogP contribution in [0.2, 0.25) is 0 Å². The number of nitrogens with two attached hydrogens (primary N) is 1. The summed E-state index contributed by atoms with van der Waals surface area (Å²) >= 11 is 0. The van der Waals surface area contributed by atoms with Gasteiger partial charge in [0.1, 0.15) is 12.2 Å². The Morgan fingerprint density at radius 3 is 2.67 bits per heavy atom.